The van der Waals surface area contributed by atoms with E-state index in [0.717, 1.165) is 22.7 Å². The number of carbonyl (C=O) groups is 1. The molecular formula is C16H19F2N3O3S. The van der Waals surface area contributed by atoms with E-state index in [0.29, 0.717) is 17.5 Å². The Morgan fingerprint density at radius 1 is 1.44 bits per heavy atom. The topological polar surface area (TPSA) is 92.8 Å². The van der Waals surface area contributed by atoms with E-state index in [-0.39, 0.29) is 11.7 Å². The molecule has 0 unspecified atom stereocenters. The van der Waals surface area contributed by atoms with E-state index in [2.05, 4.69) is 4.99 Å². The molecule has 25 heavy (non-hydrogen) atoms. The third kappa shape index (κ3) is 3.12. The molecule has 1 atom stereocenters. The minimum atomic E-state index is -3.62. The van der Waals surface area contributed by atoms with Crippen LogP contribution < -0.4 is 5.73 Å². The summed E-state index contributed by atoms with van der Waals surface area (Å²) in [5.74, 6) is -1.48. The van der Waals surface area contributed by atoms with Crippen LogP contribution in [0.5, 0.6) is 0 Å². The number of benzene rings is 1. The lowest BCUT2D eigenvalue weighted by Gasteiger charge is -2.40. The van der Waals surface area contributed by atoms with Crippen LogP contribution in [-0.2, 0) is 33.2 Å². The summed E-state index contributed by atoms with van der Waals surface area (Å²) in [6.45, 7) is 0. The van der Waals surface area contributed by atoms with Crippen molar-refractivity contribution in [3.05, 3.63) is 34.9 Å². The number of hydrogen-bond donors (Lipinski definition) is 1. The zero-order valence-electron chi connectivity index (χ0n) is 13.7. The van der Waals surface area contributed by atoms with E-state index >= 15 is 0 Å². The fourth-order valence-corrected chi connectivity index (χ4v) is 4.99. The van der Waals surface area contributed by atoms with Gasteiger partial charge in [-0.3, -0.25) is 4.79 Å². The van der Waals surface area contributed by atoms with Gasteiger partial charge in [-0.2, -0.15) is 0 Å². The molecule has 0 saturated heterocycles. The van der Waals surface area contributed by atoms with Gasteiger partial charge in [0.25, 0.3) is 6.43 Å². The number of Topliss-reactive ketones (excluding diaryl/α,β-unsaturated/α-hetero) is 1. The van der Waals surface area contributed by atoms with Crippen LogP contribution in [0.15, 0.2) is 23.2 Å². The summed E-state index contributed by atoms with van der Waals surface area (Å²) in [6.07, 6.45) is -1.43. The predicted molar refractivity (Wildman–Crippen MR) is 88.9 cm³/mol. The average Bonchev–Trinajstić information content (AvgIpc) is 2.53. The first kappa shape index (κ1) is 17.8. The minimum absolute atomic E-state index is 0.0897. The summed E-state index contributed by atoms with van der Waals surface area (Å²) < 4.78 is 50.9. The van der Waals surface area contributed by atoms with Crippen molar-refractivity contribution < 1.29 is 22.0 Å². The smallest absolute Gasteiger partial charge is 0.296 e. The number of aliphatic imine (C=N–C) groups is 1. The van der Waals surface area contributed by atoms with Crippen molar-refractivity contribution in [2.45, 2.75) is 37.6 Å². The Hall–Kier alpha value is -2.03. The van der Waals surface area contributed by atoms with Gasteiger partial charge < -0.3 is 5.73 Å². The third-order valence-electron chi connectivity index (χ3n) is 4.82. The van der Waals surface area contributed by atoms with Gasteiger partial charge in [0.05, 0.1) is 5.75 Å². The summed E-state index contributed by atoms with van der Waals surface area (Å²) in [7, 11) is -2.27. The number of ketones is 1. The zero-order chi connectivity index (χ0) is 18.4. The van der Waals surface area contributed by atoms with Crippen LogP contribution in [0.1, 0.15) is 29.5 Å². The number of nitrogens with zero attached hydrogens (tertiary/aromatic N) is 2. The quantitative estimate of drug-likeness (QED) is 0.864. The molecule has 9 heteroatoms. The fraction of sp³-hybridized carbons (Fsp3) is 0.500. The first-order chi connectivity index (χ1) is 11.6. The number of hydrogen-bond acceptors (Lipinski definition) is 5. The molecule has 3 rings (SSSR count). The molecule has 6 nitrogen and oxygen atoms in total. The molecule has 1 aromatic rings. The second kappa shape index (κ2) is 6.05. The molecule has 1 heterocycles. The summed E-state index contributed by atoms with van der Waals surface area (Å²) in [5.41, 5.74) is 6.80. The van der Waals surface area contributed by atoms with E-state index in [1.165, 1.54) is 7.05 Å². The van der Waals surface area contributed by atoms with Crippen molar-refractivity contribution in [1.29, 1.82) is 0 Å². The zero-order valence-corrected chi connectivity index (χ0v) is 14.5. The molecule has 1 aliphatic heterocycles. The van der Waals surface area contributed by atoms with Crippen molar-refractivity contribution in [1.82, 2.24) is 4.31 Å². The summed E-state index contributed by atoms with van der Waals surface area (Å²) in [6, 6.07) is 5.03. The molecule has 2 N–H and O–H groups in total. The van der Waals surface area contributed by atoms with Crippen LogP contribution in [0.4, 0.5) is 8.78 Å². The van der Waals surface area contributed by atoms with Crippen molar-refractivity contribution >= 4 is 21.8 Å². The van der Waals surface area contributed by atoms with E-state index in [1.54, 1.807) is 18.2 Å². The minimum Gasteiger partial charge on any atom is -0.369 e. The molecule has 1 aliphatic carbocycles. The molecule has 0 amide bonds. The number of fused-ring (bicyclic) bond motifs is 2. The van der Waals surface area contributed by atoms with Crippen molar-refractivity contribution in [3.63, 3.8) is 0 Å². The fourth-order valence-electron chi connectivity index (χ4n) is 3.50. The Morgan fingerprint density at radius 2 is 2.16 bits per heavy atom. The lowest BCUT2D eigenvalue weighted by atomic mass is 9.77. The number of aryl methyl sites for hydroxylation is 1. The highest BCUT2D eigenvalue weighted by molar-refractivity contribution is 7.89. The second-order valence-corrected chi connectivity index (χ2v) is 8.51. The normalized spacial score (nSPS) is 25.0. The number of sulfonamides is 1. The van der Waals surface area contributed by atoms with Gasteiger partial charge in [-0.25, -0.2) is 26.5 Å². The number of halogens is 2. The standard InChI is InChI=1S/C16H19F2N3O3S/c1-21-15(19)20-16(9-25(21,23)24)6-2-3-11-5-4-10(7-12(11)16)8-13(22)14(17)18/h4-5,7,14H,2-3,6,8-9H2,1H3,(H2,19,20)/t16-/m0/s1. The first-order valence-corrected chi connectivity index (χ1v) is 9.51. The molecule has 2 aliphatic rings. The lowest BCUT2D eigenvalue weighted by molar-refractivity contribution is -0.128. The van der Waals surface area contributed by atoms with Crippen LogP contribution in [-0.4, -0.2) is 43.7 Å². The molecule has 0 aromatic heterocycles. The van der Waals surface area contributed by atoms with Gasteiger partial charge in [-0.15, -0.1) is 0 Å². The maximum Gasteiger partial charge on any atom is 0.296 e. The van der Waals surface area contributed by atoms with Crippen LogP contribution >= 0.6 is 0 Å². The van der Waals surface area contributed by atoms with Gasteiger partial charge in [-0.1, -0.05) is 18.2 Å². The molecule has 0 bridgehead atoms. The molecular weight excluding hydrogens is 352 g/mol. The van der Waals surface area contributed by atoms with E-state index in [9.17, 15) is 22.0 Å². The van der Waals surface area contributed by atoms with Gasteiger partial charge in [0.2, 0.25) is 21.8 Å². The maximum absolute atomic E-state index is 12.5. The van der Waals surface area contributed by atoms with Crippen molar-refractivity contribution in [2.75, 3.05) is 12.8 Å². The third-order valence-corrected chi connectivity index (χ3v) is 6.69. The SMILES string of the molecule is CN1C(N)=N[C@@]2(CCCc3ccc(CC(=O)C(F)F)cc32)CS1(=O)=O. The van der Waals surface area contributed by atoms with Crippen LogP contribution in [0.25, 0.3) is 0 Å². The summed E-state index contributed by atoms with van der Waals surface area (Å²) in [4.78, 5) is 15.8. The molecule has 1 spiro atoms. The van der Waals surface area contributed by atoms with Crippen LogP contribution in [0.3, 0.4) is 0 Å². The Balaban J connectivity index is 2.08. The summed E-state index contributed by atoms with van der Waals surface area (Å²) in [5, 5.41) is 0. The first-order valence-electron chi connectivity index (χ1n) is 7.90. The number of guanidine groups is 1. The Bertz CT molecular complexity index is 854. The van der Waals surface area contributed by atoms with E-state index in [4.69, 9.17) is 5.73 Å². The molecule has 0 radical (unpaired) electrons. The monoisotopic (exact) mass is 371 g/mol. The highest BCUT2D eigenvalue weighted by atomic mass is 32.2. The molecule has 0 saturated carbocycles. The Kier molecular flexibility index (Phi) is 4.30. The van der Waals surface area contributed by atoms with E-state index in [1.807, 2.05) is 0 Å². The van der Waals surface area contributed by atoms with Gasteiger partial charge >= 0.3 is 0 Å². The lowest BCUT2D eigenvalue weighted by Crippen LogP contribution is -2.52. The van der Waals surface area contributed by atoms with Gasteiger partial charge in [-0.05, 0) is 36.0 Å². The molecule has 1 aromatic carbocycles. The van der Waals surface area contributed by atoms with Crippen LogP contribution in [0, 0.1) is 0 Å². The van der Waals surface area contributed by atoms with E-state index < -0.39 is 34.2 Å². The number of nitrogens with two attached hydrogens (primary N) is 1. The average molecular weight is 371 g/mol. The molecule has 0 fully saturated rings. The maximum atomic E-state index is 12.5. The Labute approximate surface area is 144 Å². The van der Waals surface area contributed by atoms with Gasteiger partial charge in [0.15, 0.2) is 0 Å². The van der Waals surface area contributed by atoms with Crippen molar-refractivity contribution in [2.24, 2.45) is 10.7 Å². The highest BCUT2D eigenvalue weighted by Gasteiger charge is 2.45. The van der Waals surface area contributed by atoms with Crippen molar-refractivity contribution in [3.8, 4) is 0 Å². The molecule has 136 valence electrons. The predicted octanol–water partition coefficient (Wildman–Crippen LogP) is 1.18. The second-order valence-electron chi connectivity index (χ2n) is 6.51. The largest absolute Gasteiger partial charge is 0.369 e. The number of rotatable bonds is 3. The van der Waals surface area contributed by atoms with Gasteiger partial charge in [0, 0.05) is 13.5 Å². The highest BCUT2D eigenvalue weighted by Crippen LogP contribution is 2.42. The Morgan fingerprint density at radius 3 is 2.80 bits per heavy atom. The summed E-state index contributed by atoms with van der Waals surface area (Å²) >= 11 is 0. The van der Waals surface area contributed by atoms with Crippen LogP contribution in [0.2, 0.25) is 0 Å². The number of alkyl halides is 2. The number of carbonyl (C=O) groups excluding carboxylic acids is 1. The van der Waals surface area contributed by atoms with Gasteiger partial charge in [0.1, 0.15) is 5.54 Å².